The number of para-hydroxylation sites is 1. The zero-order valence-corrected chi connectivity index (χ0v) is 13.2. The van der Waals surface area contributed by atoms with E-state index in [1.54, 1.807) is 30.3 Å². The number of carbonyl (C=O) groups is 2. The van der Waals surface area contributed by atoms with Crippen molar-refractivity contribution < 1.29 is 9.59 Å². The summed E-state index contributed by atoms with van der Waals surface area (Å²) in [6.07, 6.45) is 0.302. The largest absolute Gasteiger partial charge is 0.351 e. The van der Waals surface area contributed by atoms with Crippen molar-refractivity contribution in [2.24, 2.45) is 0 Å². The van der Waals surface area contributed by atoms with Crippen LogP contribution in [0.15, 0.2) is 39.9 Å². The molecule has 1 heterocycles. The summed E-state index contributed by atoms with van der Waals surface area (Å²) in [7, 11) is 0. The molecule has 1 aromatic heterocycles. The van der Waals surface area contributed by atoms with Gasteiger partial charge in [-0.15, -0.1) is 0 Å². The normalized spacial score (nSPS) is 10.7. The molecule has 7 heteroatoms. The van der Waals surface area contributed by atoms with Crippen molar-refractivity contribution in [3.8, 4) is 5.69 Å². The van der Waals surface area contributed by atoms with E-state index in [4.69, 9.17) is 0 Å². The Balaban J connectivity index is 2.54. The van der Waals surface area contributed by atoms with Gasteiger partial charge in [-0.2, -0.15) is 0 Å². The van der Waals surface area contributed by atoms with Gasteiger partial charge in [0.15, 0.2) is 0 Å². The molecule has 122 valence electrons. The number of hydrogen-bond acceptors (Lipinski definition) is 4. The molecule has 7 nitrogen and oxygen atoms in total. The quantitative estimate of drug-likeness (QED) is 0.755. The average molecular weight is 317 g/mol. The fraction of sp³-hybridized carbons (Fsp3) is 0.375. The van der Waals surface area contributed by atoms with Crippen LogP contribution in [0.3, 0.4) is 0 Å². The molecule has 0 N–H and O–H groups in total. The minimum absolute atomic E-state index is 0.0741. The maximum Gasteiger partial charge on any atom is 0.351 e. The van der Waals surface area contributed by atoms with Crippen LogP contribution >= 0.6 is 0 Å². The average Bonchev–Trinajstić information content (AvgIpc) is 2.74. The van der Waals surface area contributed by atoms with Crippen molar-refractivity contribution in [2.45, 2.75) is 39.8 Å². The summed E-state index contributed by atoms with van der Waals surface area (Å²) in [5.41, 5.74) is -0.558. The summed E-state index contributed by atoms with van der Waals surface area (Å²) >= 11 is 0. The number of nitrogens with zero attached hydrogens (tertiary/aromatic N) is 3. The molecule has 2 rings (SSSR count). The Hall–Kier alpha value is -2.70. The number of carbonyl (C=O) groups excluding carboxylic acids is 2. The van der Waals surface area contributed by atoms with Crippen LogP contribution < -0.4 is 11.4 Å². The van der Waals surface area contributed by atoms with Crippen molar-refractivity contribution in [2.75, 3.05) is 0 Å². The first-order valence-electron chi connectivity index (χ1n) is 7.38. The SMILES string of the molecule is CC(=O)CCn1c(=O)n(-c2ccccc2)c(=O)n1CCC(C)=O. The molecule has 0 aliphatic carbocycles. The molecule has 0 radical (unpaired) electrons. The summed E-state index contributed by atoms with van der Waals surface area (Å²) in [5.74, 6) is -0.148. The van der Waals surface area contributed by atoms with Crippen molar-refractivity contribution in [3.63, 3.8) is 0 Å². The first-order valence-corrected chi connectivity index (χ1v) is 7.38. The third-order valence-corrected chi connectivity index (χ3v) is 3.48. The zero-order chi connectivity index (χ0) is 17.0. The third kappa shape index (κ3) is 3.74. The van der Waals surface area contributed by atoms with Crippen molar-refractivity contribution >= 4 is 11.6 Å². The standard InChI is InChI=1S/C16H19N3O4/c1-12(20)8-10-17-15(22)19(14-6-4-3-5-7-14)16(23)18(17)11-9-13(2)21/h3-7H,8-11H2,1-2H3. The second-order valence-electron chi connectivity index (χ2n) is 5.39. The van der Waals surface area contributed by atoms with E-state index in [1.165, 1.54) is 23.2 Å². The van der Waals surface area contributed by atoms with Gasteiger partial charge in [-0.3, -0.25) is 9.59 Å². The Labute approximate surface area is 132 Å². The van der Waals surface area contributed by atoms with Crippen LogP contribution in [0.1, 0.15) is 26.7 Å². The van der Waals surface area contributed by atoms with E-state index < -0.39 is 11.4 Å². The molecule has 23 heavy (non-hydrogen) atoms. The Morgan fingerprint density at radius 3 is 1.65 bits per heavy atom. The van der Waals surface area contributed by atoms with Crippen LogP contribution in [0, 0.1) is 0 Å². The first-order chi connectivity index (χ1) is 10.9. The summed E-state index contributed by atoms with van der Waals surface area (Å²) in [6, 6.07) is 8.57. The van der Waals surface area contributed by atoms with E-state index in [-0.39, 0.29) is 37.5 Å². The van der Waals surface area contributed by atoms with Gasteiger partial charge in [-0.1, -0.05) is 18.2 Å². The highest BCUT2D eigenvalue weighted by Gasteiger charge is 2.17. The maximum absolute atomic E-state index is 12.6. The number of rotatable bonds is 7. The predicted molar refractivity (Wildman–Crippen MR) is 84.9 cm³/mol. The fourth-order valence-electron chi connectivity index (χ4n) is 2.28. The van der Waals surface area contributed by atoms with Gasteiger partial charge < -0.3 is 0 Å². The topological polar surface area (TPSA) is 83.1 Å². The molecule has 1 aromatic carbocycles. The molecule has 2 aromatic rings. The lowest BCUT2D eigenvalue weighted by Gasteiger charge is -2.07. The number of hydrogen-bond donors (Lipinski definition) is 0. The van der Waals surface area contributed by atoms with Crippen molar-refractivity contribution in [3.05, 3.63) is 51.3 Å². The first kappa shape index (κ1) is 16.7. The molecule has 0 spiro atoms. The Morgan fingerprint density at radius 2 is 1.26 bits per heavy atom. The molecular weight excluding hydrogens is 298 g/mol. The highest BCUT2D eigenvalue weighted by atomic mass is 16.2. The van der Waals surface area contributed by atoms with E-state index >= 15 is 0 Å². The highest BCUT2D eigenvalue weighted by Crippen LogP contribution is 2.02. The zero-order valence-electron chi connectivity index (χ0n) is 13.2. The molecule has 0 aliphatic rings. The van der Waals surface area contributed by atoms with Crippen LogP contribution in [0.25, 0.3) is 5.69 Å². The van der Waals surface area contributed by atoms with Crippen LogP contribution in [0.2, 0.25) is 0 Å². The Bertz CT molecular complexity index is 778. The summed E-state index contributed by atoms with van der Waals surface area (Å²) in [5, 5.41) is 0. The van der Waals surface area contributed by atoms with Crippen LogP contribution in [0.5, 0.6) is 0 Å². The van der Waals surface area contributed by atoms with Gasteiger partial charge in [0.2, 0.25) is 0 Å². The van der Waals surface area contributed by atoms with Gasteiger partial charge in [0.25, 0.3) is 0 Å². The van der Waals surface area contributed by atoms with Gasteiger partial charge >= 0.3 is 11.4 Å². The van der Waals surface area contributed by atoms with E-state index in [9.17, 15) is 19.2 Å². The lowest BCUT2D eigenvalue weighted by Crippen LogP contribution is -2.28. The van der Waals surface area contributed by atoms with Gasteiger partial charge in [0, 0.05) is 12.8 Å². The van der Waals surface area contributed by atoms with E-state index in [0.29, 0.717) is 5.69 Å². The monoisotopic (exact) mass is 317 g/mol. The molecule has 0 aliphatic heterocycles. The minimum Gasteiger partial charge on any atom is -0.300 e. The van der Waals surface area contributed by atoms with Crippen LogP contribution in [-0.2, 0) is 22.7 Å². The molecule has 0 amide bonds. The number of aromatic nitrogens is 3. The van der Waals surface area contributed by atoms with Crippen LogP contribution in [0.4, 0.5) is 0 Å². The van der Waals surface area contributed by atoms with E-state index in [2.05, 4.69) is 0 Å². The highest BCUT2D eigenvalue weighted by molar-refractivity contribution is 5.75. The number of benzene rings is 1. The number of Topliss-reactive ketones (excluding diaryl/α,β-unsaturated/α-hetero) is 2. The lowest BCUT2D eigenvalue weighted by atomic mass is 10.3. The van der Waals surface area contributed by atoms with E-state index in [1.807, 2.05) is 0 Å². The Kier molecular flexibility index (Phi) is 5.10. The van der Waals surface area contributed by atoms with Gasteiger partial charge in [0.05, 0.1) is 18.8 Å². The van der Waals surface area contributed by atoms with Gasteiger partial charge in [-0.05, 0) is 26.0 Å². The lowest BCUT2D eigenvalue weighted by molar-refractivity contribution is -0.118. The predicted octanol–water partition coefficient (Wildman–Crippen LogP) is 0.759. The van der Waals surface area contributed by atoms with Gasteiger partial charge in [-0.25, -0.2) is 23.5 Å². The van der Waals surface area contributed by atoms with Crippen molar-refractivity contribution in [1.82, 2.24) is 13.9 Å². The molecule has 0 saturated carbocycles. The summed E-state index contributed by atoms with van der Waals surface area (Å²) in [6.45, 7) is 3.08. The molecule has 0 unspecified atom stereocenters. The molecule has 0 saturated heterocycles. The molecule has 0 bridgehead atoms. The fourth-order valence-corrected chi connectivity index (χ4v) is 2.28. The Morgan fingerprint density at radius 1 is 0.826 bits per heavy atom. The maximum atomic E-state index is 12.6. The van der Waals surface area contributed by atoms with Gasteiger partial charge in [0.1, 0.15) is 11.6 Å². The second kappa shape index (κ2) is 7.04. The smallest absolute Gasteiger partial charge is 0.300 e. The van der Waals surface area contributed by atoms with Crippen LogP contribution in [-0.4, -0.2) is 25.5 Å². The summed E-state index contributed by atoms with van der Waals surface area (Å²) < 4.78 is 3.53. The third-order valence-electron chi connectivity index (χ3n) is 3.48. The molecule has 0 atom stereocenters. The second-order valence-corrected chi connectivity index (χ2v) is 5.39. The molecule has 0 fully saturated rings. The van der Waals surface area contributed by atoms with E-state index in [0.717, 1.165) is 4.57 Å². The minimum atomic E-state index is -0.508. The number of ketones is 2. The molecular formula is C16H19N3O4. The summed E-state index contributed by atoms with van der Waals surface area (Å²) in [4.78, 5) is 47.6. The van der Waals surface area contributed by atoms with Crippen molar-refractivity contribution in [1.29, 1.82) is 0 Å².